The molecule has 3 amide bonds. The number of methoxy groups -OCH3 is 1. The highest BCUT2D eigenvalue weighted by atomic mass is 19.4. The summed E-state index contributed by atoms with van der Waals surface area (Å²) in [6, 6.07) is 24.4. The van der Waals surface area contributed by atoms with Gasteiger partial charge in [-0.1, -0.05) is 92.7 Å². The predicted octanol–water partition coefficient (Wildman–Crippen LogP) is 6.37. The first-order chi connectivity index (χ1) is 25.6. The molecule has 4 N–H and O–H groups in total. The molecule has 0 aliphatic carbocycles. The largest absolute Gasteiger partial charge is 0.497 e. The first kappa shape index (κ1) is 41.4. The van der Waals surface area contributed by atoms with Crippen molar-refractivity contribution in [3.63, 3.8) is 0 Å². The lowest BCUT2D eigenvalue weighted by Gasteiger charge is -2.30. The number of benzene rings is 4. The quantitative estimate of drug-likeness (QED) is 0.0996. The lowest BCUT2D eigenvalue weighted by molar-refractivity contribution is -0.137. The highest BCUT2D eigenvalue weighted by Crippen LogP contribution is 2.33. The van der Waals surface area contributed by atoms with E-state index in [1.165, 1.54) is 13.2 Å². The van der Waals surface area contributed by atoms with Gasteiger partial charge in [0, 0.05) is 11.6 Å². The Hall–Kier alpha value is -5.36. The Morgan fingerprint density at radius 3 is 1.93 bits per heavy atom. The second kappa shape index (κ2) is 19.1. The number of ether oxygens (including phenoxy) is 2. The number of carbonyl (C=O) groups excluding carboxylic acids is 3. The first-order valence-electron chi connectivity index (χ1n) is 17.8. The lowest BCUT2D eigenvalue weighted by Crippen LogP contribution is -2.54. The number of halogens is 3. The van der Waals surface area contributed by atoms with E-state index in [0.29, 0.717) is 18.2 Å². The SMILES string of the molecule is COc1cc(C(=O)N[C@H](C(=O)N[C@@H](Cc2ccccc2)C[C@H](O)[C@H](Cc2ccccc2)NC(=O)COc2c(C)cccc2C)C(C)C)cc(C(F)(F)F)c1. The summed E-state index contributed by atoms with van der Waals surface area (Å²) >= 11 is 0. The van der Waals surface area contributed by atoms with Crippen LogP contribution in [0.1, 0.15) is 58.4 Å². The number of carbonyl (C=O) groups is 3. The molecule has 0 saturated carbocycles. The summed E-state index contributed by atoms with van der Waals surface area (Å²) in [7, 11) is 1.19. The Morgan fingerprint density at radius 1 is 0.778 bits per heavy atom. The Labute approximate surface area is 314 Å². The summed E-state index contributed by atoms with van der Waals surface area (Å²) in [4.78, 5) is 40.5. The van der Waals surface area contributed by atoms with E-state index in [9.17, 15) is 32.7 Å². The maximum Gasteiger partial charge on any atom is 0.416 e. The van der Waals surface area contributed by atoms with Gasteiger partial charge in [-0.15, -0.1) is 0 Å². The molecule has 0 radical (unpaired) electrons. The third-order valence-electron chi connectivity index (χ3n) is 9.03. The molecule has 0 spiro atoms. The number of rotatable bonds is 17. The van der Waals surface area contributed by atoms with Gasteiger partial charge in [0.15, 0.2) is 6.61 Å². The molecule has 9 nitrogen and oxygen atoms in total. The van der Waals surface area contributed by atoms with Gasteiger partial charge in [0.05, 0.1) is 24.8 Å². The molecule has 4 atom stereocenters. The molecule has 0 fully saturated rings. The van der Waals surface area contributed by atoms with Crippen molar-refractivity contribution in [2.24, 2.45) is 5.92 Å². The predicted molar refractivity (Wildman–Crippen MR) is 200 cm³/mol. The van der Waals surface area contributed by atoms with E-state index in [4.69, 9.17) is 9.47 Å². The van der Waals surface area contributed by atoms with Crippen molar-refractivity contribution < 1.29 is 42.1 Å². The Kier molecular flexibility index (Phi) is 14.6. The van der Waals surface area contributed by atoms with Crippen molar-refractivity contribution >= 4 is 17.7 Å². The van der Waals surface area contributed by atoms with Gasteiger partial charge < -0.3 is 30.5 Å². The maximum absolute atomic E-state index is 13.9. The number of aliphatic hydroxyl groups excluding tert-OH is 1. The standard InChI is InChI=1S/C42H48F3N3O6/c1-26(2)38(48-40(51)31-21-32(42(43,44)45)23-34(22-31)53-5)41(52)46-33(19-29-15-8-6-9-16-29)24-36(49)35(20-30-17-10-7-11-18-30)47-37(50)25-54-39-27(3)13-12-14-28(39)4/h6-18,21-23,26,33,35-36,38,49H,19-20,24-25H2,1-5H3,(H,46,52)(H,47,50)(H,48,51)/t33-,35-,36-,38-/m0/s1. The highest BCUT2D eigenvalue weighted by Gasteiger charge is 2.34. The Morgan fingerprint density at radius 2 is 1.37 bits per heavy atom. The average Bonchev–Trinajstić information content (AvgIpc) is 3.13. The maximum atomic E-state index is 13.9. The topological polar surface area (TPSA) is 126 Å². The van der Waals surface area contributed by atoms with Gasteiger partial charge in [-0.25, -0.2) is 0 Å². The smallest absolute Gasteiger partial charge is 0.416 e. The number of alkyl halides is 3. The molecule has 4 aromatic rings. The van der Waals surface area contributed by atoms with Gasteiger partial charge in [0.25, 0.3) is 11.8 Å². The van der Waals surface area contributed by atoms with Crippen molar-refractivity contribution in [1.29, 1.82) is 0 Å². The fraction of sp³-hybridized carbons (Fsp3) is 0.357. The van der Waals surface area contributed by atoms with Crippen molar-refractivity contribution in [3.8, 4) is 11.5 Å². The van der Waals surface area contributed by atoms with E-state index in [0.717, 1.165) is 28.3 Å². The normalized spacial score (nSPS) is 13.7. The minimum absolute atomic E-state index is 0.0137. The van der Waals surface area contributed by atoms with Crippen LogP contribution in [0, 0.1) is 19.8 Å². The minimum atomic E-state index is -4.73. The number of nitrogens with one attached hydrogen (secondary N) is 3. The van der Waals surface area contributed by atoms with E-state index >= 15 is 0 Å². The monoisotopic (exact) mass is 747 g/mol. The number of aryl methyl sites for hydroxylation is 2. The van der Waals surface area contributed by atoms with E-state index in [-0.39, 0.29) is 30.8 Å². The van der Waals surface area contributed by atoms with Crippen molar-refractivity contribution in [1.82, 2.24) is 16.0 Å². The molecule has 12 heteroatoms. The van der Waals surface area contributed by atoms with Crippen LogP contribution in [0.5, 0.6) is 11.5 Å². The molecule has 0 saturated heterocycles. The molecule has 0 unspecified atom stereocenters. The molecular formula is C42H48F3N3O6. The summed E-state index contributed by atoms with van der Waals surface area (Å²) in [6.07, 6.45) is -5.27. The van der Waals surface area contributed by atoms with Crippen LogP contribution >= 0.6 is 0 Å². The Balaban J connectivity index is 1.55. The third-order valence-corrected chi connectivity index (χ3v) is 9.03. The fourth-order valence-corrected chi connectivity index (χ4v) is 6.17. The number of para-hydroxylation sites is 1. The lowest BCUT2D eigenvalue weighted by atomic mass is 9.93. The first-order valence-corrected chi connectivity index (χ1v) is 17.8. The van der Waals surface area contributed by atoms with Crippen molar-refractivity contribution in [2.45, 2.75) is 77.4 Å². The zero-order chi connectivity index (χ0) is 39.4. The second-order valence-electron chi connectivity index (χ2n) is 13.7. The summed E-state index contributed by atoms with van der Waals surface area (Å²) < 4.78 is 51.6. The van der Waals surface area contributed by atoms with Gasteiger partial charge in [0.2, 0.25) is 5.91 Å². The van der Waals surface area contributed by atoms with Crippen LogP contribution in [0.15, 0.2) is 97.1 Å². The highest BCUT2D eigenvalue weighted by molar-refractivity contribution is 5.98. The Bertz CT molecular complexity index is 1830. The molecular weight excluding hydrogens is 699 g/mol. The van der Waals surface area contributed by atoms with Crippen LogP contribution in [-0.2, 0) is 28.6 Å². The molecule has 4 rings (SSSR count). The van der Waals surface area contributed by atoms with E-state index in [1.807, 2.05) is 92.7 Å². The van der Waals surface area contributed by atoms with E-state index in [2.05, 4.69) is 16.0 Å². The summed E-state index contributed by atoms with van der Waals surface area (Å²) in [6.45, 7) is 6.90. The van der Waals surface area contributed by atoms with Crippen molar-refractivity contribution in [3.05, 3.63) is 130 Å². The molecule has 4 aromatic carbocycles. The van der Waals surface area contributed by atoms with E-state index < -0.39 is 59.6 Å². The number of amides is 3. The molecule has 0 aliphatic rings. The molecule has 0 aromatic heterocycles. The van der Waals surface area contributed by atoms with Crippen LogP contribution in [0.3, 0.4) is 0 Å². The van der Waals surface area contributed by atoms with E-state index in [1.54, 1.807) is 13.8 Å². The molecule has 0 heterocycles. The van der Waals surface area contributed by atoms with Crippen LogP contribution in [-0.4, -0.2) is 60.8 Å². The van der Waals surface area contributed by atoms with Gasteiger partial charge in [-0.05, 0) is 79.5 Å². The molecule has 0 aliphatic heterocycles. The third kappa shape index (κ3) is 12.1. The zero-order valence-electron chi connectivity index (χ0n) is 31.1. The van der Waals surface area contributed by atoms with Crippen LogP contribution < -0.4 is 25.4 Å². The van der Waals surface area contributed by atoms with Gasteiger partial charge >= 0.3 is 6.18 Å². The summed E-state index contributed by atoms with van der Waals surface area (Å²) in [5, 5.41) is 20.3. The molecule has 0 bridgehead atoms. The fourth-order valence-electron chi connectivity index (χ4n) is 6.17. The van der Waals surface area contributed by atoms with Gasteiger partial charge in [0.1, 0.15) is 17.5 Å². The minimum Gasteiger partial charge on any atom is -0.497 e. The summed E-state index contributed by atoms with van der Waals surface area (Å²) in [5.41, 5.74) is 2.11. The number of hydrogen-bond acceptors (Lipinski definition) is 6. The van der Waals surface area contributed by atoms with Crippen LogP contribution in [0.25, 0.3) is 0 Å². The van der Waals surface area contributed by atoms with Gasteiger partial charge in [-0.2, -0.15) is 13.2 Å². The zero-order valence-corrected chi connectivity index (χ0v) is 31.1. The van der Waals surface area contributed by atoms with Crippen LogP contribution in [0.2, 0.25) is 0 Å². The van der Waals surface area contributed by atoms with Crippen LogP contribution in [0.4, 0.5) is 13.2 Å². The van der Waals surface area contributed by atoms with Gasteiger partial charge in [-0.3, -0.25) is 14.4 Å². The molecule has 288 valence electrons. The summed E-state index contributed by atoms with van der Waals surface area (Å²) in [5.74, 6) is -1.93. The number of hydrogen-bond donors (Lipinski definition) is 4. The average molecular weight is 748 g/mol. The van der Waals surface area contributed by atoms with Crippen molar-refractivity contribution in [2.75, 3.05) is 13.7 Å². The number of aliphatic hydroxyl groups is 1. The molecule has 54 heavy (non-hydrogen) atoms. The second-order valence-corrected chi connectivity index (χ2v) is 13.7.